The molecule has 0 atom stereocenters. The van der Waals surface area contributed by atoms with Gasteiger partial charge < -0.3 is 14.6 Å². The van der Waals surface area contributed by atoms with Crippen LogP contribution >= 0.6 is 11.3 Å². The van der Waals surface area contributed by atoms with Gasteiger partial charge in [-0.15, -0.1) is 11.3 Å². The number of ether oxygens (including phenoxy) is 1. The Morgan fingerprint density at radius 2 is 1.85 bits per heavy atom. The Bertz CT molecular complexity index is 1750. The van der Waals surface area contributed by atoms with Crippen LogP contribution in [0.25, 0.3) is 22.3 Å². The van der Waals surface area contributed by atoms with Crippen LogP contribution in [0, 0.1) is 13.8 Å². The Hall–Kier alpha value is -4.57. The third kappa shape index (κ3) is 4.60. The number of hydrogen-bond acceptors (Lipinski definition) is 7. The molecule has 1 aromatic carbocycles. The molecule has 1 aliphatic rings. The third-order valence-electron chi connectivity index (χ3n) is 7.20. The molecule has 9 nitrogen and oxygen atoms in total. The lowest BCUT2D eigenvalue weighted by molar-refractivity contribution is -0.126. The van der Waals surface area contributed by atoms with Crippen molar-refractivity contribution in [3.63, 3.8) is 0 Å². The normalized spacial score (nSPS) is 13.6. The molecule has 6 rings (SSSR count). The number of Topliss-reactive ketones (excluding diaryl/α,β-unsaturated/α-hetero) is 1. The van der Waals surface area contributed by atoms with E-state index in [9.17, 15) is 9.59 Å². The Morgan fingerprint density at radius 1 is 1.07 bits per heavy atom. The Kier molecular flexibility index (Phi) is 6.77. The lowest BCUT2D eigenvalue weighted by Crippen LogP contribution is -2.40. The van der Waals surface area contributed by atoms with E-state index in [2.05, 4.69) is 32.6 Å². The smallest absolute Gasteiger partial charge is 0.295 e. The van der Waals surface area contributed by atoms with Gasteiger partial charge in [0.15, 0.2) is 5.82 Å². The van der Waals surface area contributed by atoms with E-state index in [4.69, 9.17) is 9.72 Å². The molecular formula is C30H28N6O3S. The van der Waals surface area contributed by atoms with Crippen LogP contribution in [0.4, 0.5) is 0 Å². The number of rotatable bonds is 6. The van der Waals surface area contributed by atoms with Gasteiger partial charge in [-0.2, -0.15) is 5.10 Å². The summed E-state index contributed by atoms with van der Waals surface area (Å²) in [5.74, 6) is -0.172. The Morgan fingerprint density at radius 3 is 2.50 bits per heavy atom. The number of thiazole rings is 1. The standard InChI is InChI=1S/C30H28N6O3S/c1-18-9-14-36(34-18)29-27-26(24(39-3)16-32-29)22(15-31-27)28(37)30(38)35-12-10-21(11-13-35)25(20-7-5-4-6-8-20)23-17-40-19(2)33-23/h4-9,14-17,31H,10-13H2,1-3H3. The molecule has 0 unspecified atom stereocenters. The van der Waals surface area contributed by atoms with Gasteiger partial charge in [-0.1, -0.05) is 35.9 Å². The number of aromatic nitrogens is 5. The fraction of sp³-hybridized carbons (Fsp3) is 0.233. The van der Waals surface area contributed by atoms with Gasteiger partial charge in [0.05, 0.1) is 46.2 Å². The number of nitrogens with zero attached hydrogens (tertiary/aromatic N) is 5. The van der Waals surface area contributed by atoms with Crippen molar-refractivity contribution in [2.45, 2.75) is 26.7 Å². The number of nitrogens with one attached hydrogen (secondary N) is 1. The highest BCUT2D eigenvalue weighted by atomic mass is 32.1. The number of hydrogen-bond donors (Lipinski definition) is 1. The summed E-state index contributed by atoms with van der Waals surface area (Å²) in [6.07, 6.45) is 6.25. The van der Waals surface area contributed by atoms with Gasteiger partial charge in [0.25, 0.3) is 11.7 Å². The van der Waals surface area contributed by atoms with E-state index in [1.165, 1.54) is 12.7 Å². The second-order valence-electron chi connectivity index (χ2n) is 9.72. The minimum atomic E-state index is -0.579. The first-order valence-electron chi connectivity index (χ1n) is 13.0. The van der Waals surface area contributed by atoms with Crippen molar-refractivity contribution in [2.24, 2.45) is 0 Å². The SMILES string of the molecule is COc1cnc(-n2ccc(C)n2)c2[nH]cc(C(=O)C(=O)N3CCC(=C(c4ccccc4)c4csc(C)n4)CC3)c12. The molecule has 5 heterocycles. The van der Waals surface area contributed by atoms with Gasteiger partial charge in [0.2, 0.25) is 0 Å². The second kappa shape index (κ2) is 10.5. The number of carbonyl (C=O) groups excluding carboxylic acids is 2. The summed E-state index contributed by atoms with van der Waals surface area (Å²) in [7, 11) is 1.52. The summed E-state index contributed by atoms with van der Waals surface area (Å²) in [5.41, 5.74) is 6.11. The number of H-pyrrole nitrogens is 1. The van der Waals surface area contributed by atoms with Crippen LogP contribution in [0.15, 0.2) is 65.9 Å². The van der Waals surface area contributed by atoms with Crippen molar-refractivity contribution in [2.75, 3.05) is 20.2 Å². The van der Waals surface area contributed by atoms with Crippen molar-refractivity contribution >= 4 is 39.5 Å². The van der Waals surface area contributed by atoms with E-state index in [-0.39, 0.29) is 5.56 Å². The van der Waals surface area contributed by atoms with E-state index in [1.807, 2.05) is 38.1 Å². The van der Waals surface area contributed by atoms with Gasteiger partial charge >= 0.3 is 0 Å². The Balaban J connectivity index is 1.28. The van der Waals surface area contributed by atoms with Crippen LogP contribution in [0.2, 0.25) is 0 Å². The van der Waals surface area contributed by atoms with E-state index < -0.39 is 11.7 Å². The number of pyridine rings is 1. The van der Waals surface area contributed by atoms with Gasteiger partial charge in [0.1, 0.15) is 5.75 Å². The summed E-state index contributed by atoms with van der Waals surface area (Å²) < 4.78 is 7.16. The van der Waals surface area contributed by atoms with Gasteiger partial charge in [0, 0.05) is 36.4 Å². The highest BCUT2D eigenvalue weighted by Crippen LogP contribution is 2.34. The molecule has 1 N–H and O–H groups in total. The number of likely N-dealkylation sites (tertiary alicyclic amines) is 1. The highest BCUT2D eigenvalue weighted by molar-refractivity contribution is 7.09. The number of fused-ring (bicyclic) bond motifs is 1. The number of aryl methyl sites for hydroxylation is 2. The van der Waals surface area contributed by atoms with Crippen LogP contribution in [0.1, 0.15) is 45.2 Å². The van der Waals surface area contributed by atoms with Gasteiger partial charge in [-0.25, -0.2) is 14.6 Å². The van der Waals surface area contributed by atoms with E-state index >= 15 is 0 Å². The predicted octanol–water partition coefficient (Wildman–Crippen LogP) is 5.14. The van der Waals surface area contributed by atoms with Gasteiger partial charge in [-0.05, 0) is 38.3 Å². The maximum Gasteiger partial charge on any atom is 0.295 e. The van der Waals surface area contributed by atoms with E-state index in [0.717, 1.165) is 27.5 Å². The monoisotopic (exact) mass is 552 g/mol. The fourth-order valence-electron chi connectivity index (χ4n) is 5.25. The zero-order valence-electron chi connectivity index (χ0n) is 22.5. The molecule has 0 spiro atoms. The molecule has 1 saturated heterocycles. The highest BCUT2D eigenvalue weighted by Gasteiger charge is 2.30. The number of piperidine rings is 1. The molecule has 4 aromatic heterocycles. The molecule has 1 amide bonds. The van der Waals surface area contributed by atoms with Crippen LogP contribution in [-0.2, 0) is 4.79 Å². The molecule has 0 saturated carbocycles. The zero-order valence-corrected chi connectivity index (χ0v) is 23.3. The molecule has 0 bridgehead atoms. The summed E-state index contributed by atoms with van der Waals surface area (Å²) in [4.78, 5) is 41.1. The molecule has 1 aliphatic heterocycles. The number of carbonyl (C=O) groups is 2. The average Bonchev–Trinajstić information content (AvgIpc) is 3.73. The number of benzene rings is 1. The second-order valence-corrected chi connectivity index (χ2v) is 10.8. The maximum absolute atomic E-state index is 13.6. The molecule has 40 heavy (non-hydrogen) atoms. The van der Waals surface area contributed by atoms with Crippen LogP contribution in [0.5, 0.6) is 5.75 Å². The lowest BCUT2D eigenvalue weighted by atomic mass is 9.91. The van der Waals surface area contributed by atoms with Crippen LogP contribution in [-0.4, -0.2) is 61.5 Å². The van der Waals surface area contributed by atoms with Crippen molar-refractivity contribution in [3.8, 4) is 11.6 Å². The topological polar surface area (TPSA) is 106 Å². The average molecular weight is 553 g/mol. The summed E-state index contributed by atoms with van der Waals surface area (Å²) in [6.45, 7) is 4.80. The molecule has 5 aromatic rings. The predicted molar refractivity (Wildman–Crippen MR) is 154 cm³/mol. The minimum Gasteiger partial charge on any atom is -0.494 e. The first-order valence-corrected chi connectivity index (χ1v) is 13.9. The number of methoxy groups -OCH3 is 1. The third-order valence-corrected chi connectivity index (χ3v) is 7.97. The minimum absolute atomic E-state index is 0.258. The zero-order chi connectivity index (χ0) is 27.8. The van der Waals surface area contributed by atoms with Crippen molar-refractivity contribution in [1.29, 1.82) is 0 Å². The molecule has 1 fully saturated rings. The van der Waals surface area contributed by atoms with Crippen LogP contribution < -0.4 is 4.74 Å². The quantitative estimate of drug-likeness (QED) is 0.231. The van der Waals surface area contributed by atoms with Crippen molar-refractivity contribution in [3.05, 3.63) is 93.5 Å². The summed E-state index contributed by atoms with van der Waals surface area (Å²) >= 11 is 1.63. The molecule has 10 heteroatoms. The number of ketones is 1. The van der Waals surface area contributed by atoms with Crippen molar-refractivity contribution in [1.82, 2.24) is 29.6 Å². The van der Waals surface area contributed by atoms with Crippen LogP contribution in [0.3, 0.4) is 0 Å². The largest absolute Gasteiger partial charge is 0.494 e. The first-order chi connectivity index (χ1) is 19.4. The summed E-state index contributed by atoms with van der Waals surface area (Å²) in [6, 6.07) is 12.1. The van der Waals surface area contributed by atoms with Gasteiger partial charge in [-0.3, -0.25) is 9.59 Å². The number of amides is 1. The fourth-order valence-corrected chi connectivity index (χ4v) is 5.85. The van der Waals surface area contributed by atoms with Crippen molar-refractivity contribution < 1.29 is 14.3 Å². The summed E-state index contributed by atoms with van der Waals surface area (Å²) in [5, 5.41) is 8.05. The first kappa shape index (κ1) is 25.7. The molecule has 0 radical (unpaired) electrons. The maximum atomic E-state index is 13.6. The number of aromatic amines is 1. The molecule has 0 aliphatic carbocycles. The van der Waals surface area contributed by atoms with E-state index in [1.54, 1.807) is 39.5 Å². The van der Waals surface area contributed by atoms with E-state index in [0.29, 0.717) is 48.4 Å². The Labute approximate surface area is 235 Å². The lowest BCUT2D eigenvalue weighted by Gasteiger charge is -2.29. The molecule has 202 valence electrons. The molecular weight excluding hydrogens is 524 g/mol.